The summed E-state index contributed by atoms with van der Waals surface area (Å²) in [6.45, 7) is 0. The van der Waals surface area contributed by atoms with Gasteiger partial charge in [0, 0.05) is 17.1 Å². The molecule has 116 valence electrons. The quantitative estimate of drug-likeness (QED) is 0.896. The van der Waals surface area contributed by atoms with Gasteiger partial charge in [-0.3, -0.25) is 0 Å². The van der Waals surface area contributed by atoms with Crippen LogP contribution >= 0.6 is 11.6 Å². The van der Waals surface area contributed by atoms with Gasteiger partial charge < -0.3 is 10.4 Å². The Bertz CT molecular complexity index is 631. The average Bonchev–Trinajstić information content (AvgIpc) is 2.97. The normalized spacial score (nSPS) is 22.7. The molecule has 3 atom stereocenters. The summed E-state index contributed by atoms with van der Waals surface area (Å²) < 4.78 is 13.3. The van der Waals surface area contributed by atoms with E-state index in [2.05, 4.69) is 5.32 Å². The van der Waals surface area contributed by atoms with Crippen LogP contribution in [0.3, 0.4) is 0 Å². The predicted octanol–water partition coefficient (Wildman–Crippen LogP) is 3.88. The van der Waals surface area contributed by atoms with Crippen LogP contribution in [0.1, 0.15) is 30.1 Å². The second kappa shape index (κ2) is 6.78. The van der Waals surface area contributed by atoms with E-state index < -0.39 is 6.10 Å². The monoisotopic (exact) mass is 319 g/mol. The number of hydrogen-bond donors (Lipinski definition) is 2. The number of halogens is 2. The first-order chi connectivity index (χ1) is 10.6. The van der Waals surface area contributed by atoms with Gasteiger partial charge in [-0.1, -0.05) is 35.9 Å². The molecule has 1 aliphatic heterocycles. The van der Waals surface area contributed by atoms with Gasteiger partial charge >= 0.3 is 0 Å². The summed E-state index contributed by atoms with van der Waals surface area (Å²) in [7, 11) is 0. The lowest BCUT2D eigenvalue weighted by Gasteiger charge is -2.20. The summed E-state index contributed by atoms with van der Waals surface area (Å²) in [5.74, 6) is -0.313. The maximum atomic E-state index is 13.3. The van der Waals surface area contributed by atoms with E-state index in [1.165, 1.54) is 17.7 Å². The van der Waals surface area contributed by atoms with Crippen molar-refractivity contribution in [3.05, 3.63) is 70.5 Å². The molecule has 1 fully saturated rings. The Morgan fingerprint density at radius 3 is 2.68 bits per heavy atom. The van der Waals surface area contributed by atoms with Crippen LogP contribution in [0.5, 0.6) is 0 Å². The lowest BCUT2D eigenvalue weighted by molar-refractivity contribution is 0.135. The molecule has 0 spiro atoms. The number of nitrogens with one attached hydrogen (secondary N) is 1. The van der Waals surface area contributed by atoms with Gasteiger partial charge in [-0.25, -0.2) is 4.39 Å². The fourth-order valence-electron chi connectivity index (χ4n) is 3.09. The van der Waals surface area contributed by atoms with Crippen LogP contribution < -0.4 is 5.32 Å². The molecule has 0 aliphatic carbocycles. The number of rotatable bonds is 4. The molecule has 22 heavy (non-hydrogen) atoms. The highest BCUT2D eigenvalue weighted by Crippen LogP contribution is 2.27. The van der Waals surface area contributed by atoms with Crippen LogP contribution in [0.2, 0.25) is 5.02 Å². The Morgan fingerprint density at radius 1 is 1.18 bits per heavy atom. The van der Waals surface area contributed by atoms with Crippen molar-refractivity contribution < 1.29 is 9.50 Å². The number of benzene rings is 2. The third-order valence-electron chi connectivity index (χ3n) is 4.24. The predicted molar refractivity (Wildman–Crippen MR) is 86.5 cm³/mol. The minimum absolute atomic E-state index is 0.0286. The fourth-order valence-corrected chi connectivity index (χ4v) is 3.21. The molecule has 0 aromatic heterocycles. The summed E-state index contributed by atoms with van der Waals surface area (Å²) in [5.41, 5.74) is 1.85. The SMILES string of the molecule is O[C@H](c1cccc(F)c1)[C@H]1CC[C@H](Cc2ccc(Cl)cc2)N1. The molecular formula is C18H19ClFNO. The van der Waals surface area contributed by atoms with Gasteiger partial charge in [0.05, 0.1) is 6.10 Å². The molecule has 0 amide bonds. The van der Waals surface area contributed by atoms with Crippen molar-refractivity contribution >= 4 is 11.6 Å². The second-order valence-electron chi connectivity index (χ2n) is 5.88. The van der Waals surface area contributed by atoms with Crippen molar-refractivity contribution in [3.8, 4) is 0 Å². The summed E-state index contributed by atoms with van der Waals surface area (Å²) in [5, 5.41) is 14.6. The molecule has 1 aliphatic rings. The van der Waals surface area contributed by atoms with E-state index in [-0.39, 0.29) is 11.9 Å². The zero-order valence-corrected chi connectivity index (χ0v) is 12.9. The van der Waals surface area contributed by atoms with Crippen molar-refractivity contribution in [2.75, 3.05) is 0 Å². The second-order valence-corrected chi connectivity index (χ2v) is 6.31. The van der Waals surface area contributed by atoms with Crippen LogP contribution in [0, 0.1) is 5.82 Å². The molecule has 4 heteroatoms. The molecular weight excluding hydrogens is 301 g/mol. The summed E-state index contributed by atoms with van der Waals surface area (Å²) >= 11 is 5.89. The Morgan fingerprint density at radius 2 is 1.95 bits per heavy atom. The maximum Gasteiger partial charge on any atom is 0.123 e. The Hall–Kier alpha value is -1.42. The van der Waals surface area contributed by atoms with Crippen molar-refractivity contribution in [2.24, 2.45) is 0 Å². The highest BCUT2D eigenvalue weighted by atomic mass is 35.5. The van der Waals surface area contributed by atoms with Crippen LogP contribution in [-0.2, 0) is 6.42 Å². The third kappa shape index (κ3) is 3.67. The van der Waals surface area contributed by atoms with Crippen LogP contribution in [-0.4, -0.2) is 17.2 Å². The number of aliphatic hydroxyl groups excluding tert-OH is 1. The minimum atomic E-state index is -0.675. The van der Waals surface area contributed by atoms with Gasteiger partial charge in [-0.15, -0.1) is 0 Å². The first kappa shape index (κ1) is 15.5. The molecule has 0 unspecified atom stereocenters. The lowest BCUT2D eigenvalue weighted by atomic mass is 10.0. The van der Waals surface area contributed by atoms with Crippen LogP contribution in [0.25, 0.3) is 0 Å². The largest absolute Gasteiger partial charge is 0.387 e. The van der Waals surface area contributed by atoms with E-state index in [4.69, 9.17) is 11.6 Å². The molecule has 2 aromatic carbocycles. The zero-order chi connectivity index (χ0) is 15.5. The van der Waals surface area contributed by atoms with Crippen molar-refractivity contribution in [1.82, 2.24) is 5.32 Å². The first-order valence-electron chi connectivity index (χ1n) is 7.56. The highest BCUT2D eigenvalue weighted by Gasteiger charge is 2.30. The van der Waals surface area contributed by atoms with Crippen LogP contribution in [0.4, 0.5) is 4.39 Å². The smallest absolute Gasteiger partial charge is 0.123 e. The Kier molecular flexibility index (Phi) is 4.77. The Labute approximate surface area is 134 Å². The summed E-state index contributed by atoms with van der Waals surface area (Å²) in [6.07, 6.45) is 2.12. The van der Waals surface area contributed by atoms with Crippen molar-refractivity contribution in [2.45, 2.75) is 37.5 Å². The standard InChI is InChI=1S/C18H19ClFNO/c19-14-6-4-12(5-7-14)10-16-8-9-17(21-16)18(22)13-2-1-3-15(20)11-13/h1-7,11,16-18,21-22H,8-10H2/t16-,17-,18-/m1/s1. The highest BCUT2D eigenvalue weighted by molar-refractivity contribution is 6.30. The molecule has 3 rings (SSSR count). The average molecular weight is 320 g/mol. The molecule has 1 saturated heterocycles. The van der Waals surface area contributed by atoms with Gasteiger partial charge in [0.25, 0.3) is 0 Å². The molecule has 1 heterocycles. The molecule has 2 N–H and O–H groups in total. The minimum Gasteiger partial charge on any atom is -0.387 e. The van der Waals surface area contributed by atoms with E-state index in [9.17, 15) is 9.50 Å². The van der Waals surface area contributed by atoms with Gasteiger partial charge in [0.1, 0.15) is 5.82 Å². The van der Waals surface area contributed by atoms with Gasteiger partial charge in [-0.2, -0.15) is 0 Å². The number of hydrogen-bond acceptors (Lipinski definition) is 2. The summed E-state index contributed by atoms with van der Waals surface area (Å²) in [6, 6.07) is 14.3. The van der Waals surface area contributed by atoms with E-state index >= 15 is 0 Å². The van der Waals surface area contributed by atoms with Crippen LogP contribution in [0.15, 0.2) is 48.5 Å². The first-order valence-corrected chi connectivity index (χ1v) is 7.93. The molecule has 2 nitrogen and oxygen atoms in total. The van der Waals surface area contributed by atoms with E-state index in [0.29, 0.717) is 11.6 Å². The Balaban J connectivity index is 1.61. The van der Waals surface area contributed by atoms with Gasteiger partial charge in [-0.05, 0) is 54.7 Å². The fraction of sp³-hybridized carbons (Fsp3) is 0.333. The molecule has 0 saturated carbocycles. The lowest BCUT2D eigenvalue weighted by Crippen LogP contribution is -2.35. The molecule has 0 radical (unpaired) electrons. The maximum absolute atomic E-state index is 13.3. The molecule has 2 aromatic rings. The van der Waals surface area contributed by atoms with Crippen molar-refractivity contribution in [1.29, 1.82) is 0 Å². The third-order valence-corrected chi connectivity index (χ3v) is 4.49. The van der Waals surface area contributed by atoms with Crippen molar-refractivity contribution in [3.63, 3.8) is 0 Å². The number of aliphatic hydroxyl groups is 1. The summed E-state index contributed by atoms with van der Waals surface area (Å²) in [4.78, 5) is 0. The van der Waals surface area contributed by atoms with E-state index in [0.717, 1.165) is 24.3 Å². The zero-order valence-electron chi connectivity index (χ0n) is 12.2. The van der Waals surface area contributed by atoms with E-state index in [1.54, 1.807) is 12.1 Å². The van der Waals surface area contributed by atoms with Gasteiger partial charge in [0.15, 0.2) is 0 Å². The van der Waals surface area contributed by atoms with E-state index in [1.807, 2.05) is 24.3 Å². The topological polar surface area (TPSA) is 32.3 Å². The van der Waals surface area contributed by atoms with Gasteiger partial charge in [0.2, 0.25) is 0 Å². The molecule has 0 bridgehead atoms.